The third-order valence-electron chi connectivity index (χ3n) is 2.60. The molecule has 0 saturated heterocycles. The maximum Gasteiger partial charge on any atom is 0.108 e. The molecule has 6 nitrogen and oxygen atoms in total. The number of nitrogens with two attached hydrogens (primary N) is 1. The number of hydrogen-bond donors (Lipinski definition) is 2. The van der Waals surface area contributed by atoms with E-state index >= 15 is 0 Å². The first-order valence-corrected chi connectivity index (χ1v) is 5.72. The first kappa shape index (κ1) is 12.1. The predicted octanol–water partition coefficient (Wildman–Crippen LogP) is 0.843. The van der Waals surface area contributed by atoms with Crippen LogP contribution >= 0.6 is 11.6 Å². The van der Waals surface area contributed by atoms with Gasteiger partial charge in [0.25, 0.3) is 0 Å². The fraction of sp³-hybridized carbons (Fsp3) is 0.400. The lowest BCUT2D eigenvalue weighted by atomic mass is 10.1. The van der Waals surface area contributed by atoms with Crippen LogP contribution in [0.2, 0.25) is 5.02 Å². The third kappa shape index (κ3) is 2.19. The molecule has 0 amide bonds. The number of rotatable bonds is 4. The number of aryl methyl sites for hydroxylation is 2. The van der Waals surface area contributed by atoms with Crippen molar-refractivity contribution in [1.82, 2.24) is 25.0 Å². The van der Waals surface area contributed by atoms with Crippen LogP contribution in [-0.2, 0) is 13.6 Å². The topological polar surface area (TPSA) is 73.7 Å². The Hall–Kier alpha value is -1.37. The van der Waals surface area contributed by atoms with Crippen LogP contribution in [0.25, 0.3) is 0 Å². The molecule has 2 aromatic rings. The van der Waals surface area contributed by atoms with Crippen molar-refractivity contribution in [2.24, 2.45) is 12.9 Å². The lowest BCUT2D eigenvalue weighted by molar-refractivity contribution is 0.530. The van der Waals surface area contributed by atoms with Crippen LogP contribution in [0.5, 0.6) is 0 Å². The van der Waals surface area contributed by atoms with E-state index in [1.54, 1.807) is 10.9 Å². The SMILES string of the molecule is CCn1ncc(Cl)c1C(NN)c1ccn(C)n1. The molecule has 0 aromatic carbocycles. The molecule has 0 aliphatic rings. The van der Waals surface area contributed by atoms with Crippen molar-refractivity contribution in [2.45, 2.75) is 19.5 Å². The summed E-state index contributed by atoms with van der Waals surface area (Å²) in [5.41, 5.74) is 4.37. The number of hydrazine groups is 1. The van der Waals surface area contributed by atoms with Gasteiger partial charge in [0.05, 0.1) is 22.6 Å². The number of halogens is 1. The smallest absolute Gasteiger partial charge is 0.108 e. The van der Waals surface area contributed by atoms with Crippen LogP contribution in [0, 0.1) is 0 Å². The van der Waals surface area contributed by atoms with Gasteiger partial charge < -0.3 is 0 Å². The molecule has 0 spiro atoms. The average molecular weight is 255 g/mol. The van der Waals surface area contributed by atoms with E-state index in [1.165, 1.54) is 0 Å². The Bertz CT molecular complexity index is 503. The zero-order valence-corrected chi connectivity index (χ0v) is 10.5. The van der Waals surface area contributed by atoms with E-state index in [-0.39, 0.29) is 6.04 Å². The molecule has 1 unspecified atom stereocenters. The highest BCUT2D eigenvalue weighted by atomic mass is 35.5. The molecule has 92 valence electrons. The summed E-state index contributed by atoms with van der Waals surface area (Å²) < 4.78 is 3.53. The number of nitrogens with zero attached hydrogens (tertiary/aromatic N) is 4. The molecule has 3 N–H and O–H groups in total. The van der Waals surface area contributed by atoms with Crippen molar-refractivity contribution in [3.63, 3.8) is 0 Å². The number of aromatic nitrogens is 4. The normalized spacial score (nSPS) is 12.9. The van der Waals surface area contributed by atoms with Crippen molar-refractivity contribution in [2.75, 3.05) is 0 Å². The molecule has 2 heterocycles. The summed E-state index contributed by atoms with van der Waals surface area (Å²) in [5, 5.41) is 9.10. The molecular weight excluding hydrogens is 240 g/mol. The van der Waals surface area contributed by atoms with E-state index in [1.807, 2.05) is 30.9 Å². The first-order chi connectivity index (χ1) is 8.17. The number of hydrogen-bond acceptors (Lipinski definition) is 4. The Balaban J connectivity index is 2.44. The summed E-state index contributed by atoms with van der Waals surface area (Å²) in [6.07, 6.45) is 3.48. The minimum absolute atomic E-state index is 0.258. The van der Waals surface area contributed by atoms with Gasteiger partial charge in [-0.3, -0.25) is 15.2 Å². The fourth-order valence-corrected chi connectivity index (χ4v) is 2.05. The molecule has 1 atom stereocenters. The molecule has 0 bridgehead atoms. The van der Waals surface area contributed by atoms with Crippen LogP contribution in [0.4, 0.5) is 0 Å². The quantitative estimate of drug-likeness (QED) is 0.627. The molecule has 7 heteroatoms. The molecular formula is C10H15ClN6. The van der Waals surface area contributed by atoms with Gasteiger partial charge in [-0.05, 0) is 13.0 Å². The van der Waals surface area contributed by atoms with Crippen LogP contribution in [0.3, 0.4) is 0 Å². The van der Waals surface area contributed by atoms with Crippen molar-refractivity contribution in [3.8, 4) is 0 Å². The highest BCUT2D eigenvalue weighted by Crippen LogP contribution is 2.26. The fourth-order valence-electron chi connectivity index (χ4n) is 1.80. The second-order valence-electron chi connectivity index (χ2n) is 3.71. The summed E-state index contributed by atoms with van der Waals surface area (Å²) in [6.45, 7) is 2.73. The molecule has 2 aromatic heterocycles. The van der Waals surface area contributed by atoms with Crippen LogP contribution < -0.4 is 11.3 Å². The van der Waals surface area contributed by atoms with Gasteiger partial charge in [-0.15, -0.1) is 0 Å². The van der Waals surface area contributed by atoms with Gasteiger partial charge >= 0.3 is 0 Å². The Morgan fingerprint density at radius 1 is 1.59 bits per heavy atom. The average Bonchev–Trinajstić information content (AvgIpc) is 2.89. The van der Waals surface area contributed by atoms with E-state index < -0.39 is 0 Å². The van der Waals surface area contributed by atoms with Gasteiger partial charge in [0.2, 0.25) is 0 Å². The summed E-state index contributed by atoms with van der Waals surface area (Å²) >= 11 is 6.14. The summed E-state index contributed by atoms with van der Waals surface area (Å²) in [7, 11) is 1.86. The zero-order chi connectivity index (χ0) is 12.4. The van der Waals surface area contributed by atoms with Crippen LogP contribution in [-0.4, -0.2) is 19.6 Å². The van der Waals surface area contributed by atoms with Crippen molar-refractivity contribution in [1.29, 1.82) is 0 Å². The second kappa shape index (κ2) is 4.87. The van der Waals surface area contributed by atoms with Crippen molar-refractivity contribution < 1.29 is 0 Å². The molecule has 0 aliphatic carbocycles. The van der Waals surface area contributed by atoms with Crippen LogP contribution in [0.1, 0.15) is 24.4 Å². The lowest BCUT2D eigenvalue weighted by Crippen LogP contribution is -2.31. The van der Waals surface area contributed by atoms with E-state index in [0.29, 0.717) is 5.02 Å². The predicted molar refractivity (Wildman–Crippen MR) is 65.3 cm³/mol. The first-order valence-electron chi connectivity index (χ1n) is 5.34. The molecule has 17 heavy (non-hydrogen) atoms. The Kier molecular flexibility index (Phi) is 3.46. The maximum absolute atomic E-state index is 6.14. The molecule has 0 saturated carbocycles. The van der Waals surface area contributed by atoms with Gasteiger partial charge in [-0.2, -0.15) is 10.2 Å². The standard InChI is InChI=1S/C10H15ClN6/c1-3-17-10(7(11)6-13-17)9(14-12)8-4-5-16(2)15-8/h4-6,9,14H,3,12H2,1-2H3. The van der Waals surface area contributed by atoms with E-state index in [4.69, 9.17) is 17.4 Å². The van der Waals surface area contributed by atoms with Gasteiger partial charge in [0.1, 0.15) is 6.04 Å². The van der Waals surface area contributed by atoms with Gasteiger partial charge in [0.15, 0.2) is 0 Å². The highest BCUT2D eigenvalue weighted by molar-refractivity contribution is 6.31. The molecule has 0 radical (unpaired) electrons. The maximum atomic E-state index is 6.14. The molecule has 0 fully saturated rings. The van der Waals surface area contributed by atoms with Gasteiger partial charge in [-0.25, -0.2) is 5.43 Å². The van der Waals surface area contributed by atoms with E-state index in [9.17, 15) is 0 Å². The Morgan fingerprint density at radius 3 is 2.88 bits per heavy atom. The van der Waals surface area contributed by atoms with Gasteiger partial charge in [0, 0.05) is 19.8 Å². The summed E-state index contributed by atoms with van der Waals surface area (Å²) in [5.74, 6) is 5.60. The van der Waals surface area contributed by atoms with Gasteiger partial charge in [-0.1, -0.05) is 11.6 Å². The minimum Gasteiger partial charge on any atom is -0.275 e. The molecule has 2 rings (SSSR count). The monoisotopic (exact) mass is 254 g/mol. The van der Waals surface area contributed by atoms with E-state index in [0.717, 1.165) is 17.9 Å². The van der Waals surface area contributed by atoms with Crippen molar-refractivity contribution >= 4 is 11.6 Å². The third-order valence-corrected chi connectivity index (χ3v) is 2.89. The largest absolute Gasteiger partial charge is 0.275 e. The molecule has 0 aliphatic heterocycles. The summed E-state index contributed by atoms with van der Waals surface area (Å²) in [6, 6.07) is 1.64. The summed E-state index contributed by atoms with van der Waals surface area (Å²) in [4.78, 5) is 0. The van der Waals surface area contributed by atoms with Crippen molar-refractivity contribution in [3.05, 3.63) is 34.9 Å². The minimum atomic E-state index is -0.258. The zero-order valence-electron chi connectivity index (χ0n) is 9.76. The van der Waals surface area contributed by atoms with E-state index in [2.05, 4.69) is 15.6 Å². The van der Waals surface area contributed by atoms with Crippen LogP contribution in [0.15, 0.2) is 18.5 Å². The Morgan fingerprint density at radius 2 is 2.35 bits per heavy atom. The Labute approximate surface area is 104 Å². The highest BCUT2D eigenvalue weighted by Gasteiger charge is 2.22. The number of nitrogens with one attached hydrogen (secondary N) is 1. The second-order valence-corrected chi connectivity index (χ2v) is 4.11. The lowest BCUT2D eigenvalue weighted by Gasteiger charge is -2.15.